The molecule has 2 aromatic rings. The summed E-state index contributed by atoms with van der Waals surface area (Å²) in [6.07, 6.45) is 0.486. The summed E-state index contributed by atoms with van der Waals surface area (Å²) in [7, 11) is 0. The van der Waals surface area contributed by atoms with Gasteiger partial charge in [-0.1, -0.05) is 0 Å². The van der Waals surface area contributed by atoms with Crippen LogP contribution in [0.3, 0.4) is 0 Å². The molecule has 1 aliphatic heterocycles. The van der Waals surface area contributed by atoms with Crippen LogP contribution in [0.4, 0.5) is 0 Å². The molecule has 3 rings (SSSR count). The molecule has 1 fully saturated rings. The Balaban J connectivity index is 1.66. The number of H-pyrrole nitrogens is 1. The minimum Gasteiger partial charge on any atom is -0.408 e. The molecule has 6 heteroatoms. The van der Waals surface area contributed by atoms with Gasteiger partial charge in [0.1, 0.15) is 0 Å². The third kappa shape index (κ3) is 2.81. The molecule has 0 amide bonds. The van der Waals surface area contributed by atoms with Crippen LogP contribution in [-0.4, -0.2) is 48.4 Å². The van der Waals surface area contributed by atoms with Crippen molar-refractivity contribution in [3.63, 3.8) is 0 Å². The smallest absolute Gasteiger partial charge is 0.408 e. The molecule has 1 saturated heterocycles. The summed E-state index contributed by atoms with van der Waals surface area (Å²) in [5.41, 5.74) is 1.65. The molecule has 1 aromatic carbocycles. The van der Waals surface area contributed by atoms with Crippen LogP contribution in [0.1, 0.15) is 16.8 Å². The largest absolute Gasteiger partial charge is 0.417 e. The molecule has 0 atom stereocenters. The maximum absolute atomic E-state index is 12.2. The fraction of sp³-hybridized carbons (Fsp3) is 0.429. The normalized spacial score (nSPS) is 16.6. The van der Waals surface area contributed by atoms with Gasteiger partial charge in [0.25, 0.3) is 0 Å². The van der Waals surface area contributed by atoms with Crippen molar-refractivity contribution in [1.29, 1.82) is 0 Å². The lowest BCUT2D eigenvalue weighted by atomic mass is 10.1. The van der Waals surface area contributed by atoms with Gasteiger partial charge in [-0.25, -0.2) is 4.79 Å². The standard InChI is InChI=1S/C14H17N3O3/c18-12(3-6-17-7-4-15-5-8-17)10-1-2-11-13(9-10)20-14(19)16-11/h1-2,9,15H,3-8H2,(H,16,19). The minimum atomic E-state index is -0.495. The SMILES string of the molecule is O=C(CCN1CCNCC1)c1ccc2[nH]c(=O)oc2c1. The van der Waals surface area contributed by atoms with Gasteiger partial charge < -0.3 is 14.6 Å². The van der Waals surface area contributed by atoms with Crippen LogP contribution >= 0.6 is 0 Å². The summed E-state index contributed by atoms with van der Waals surface area (Å²) in [6.45, 7) is 4.71. The van der Waals surface area contributed by atoms with Crippen LogP contribution in [0.25, 0.3) is 11.1 Å². The van der Waals surface area contributed by atoms with E-state index in [1.54, 1.807) is 18.2 Å². The van der Waals surface area contributed by atoms with E-state index in [4.69, 9.17) is 4.42 Å². The van der Waals surface area contributed by atoms with Crippen molar-refractivity contribution in [3.05, 3.63) is 34.3 Å². The van der Waals surface area contributed by atoms with Gasteiger partial charge >= 0.3 is 5.76 Å². The number of fused-ring (bicyclic) bond motifs is 1. The molecule has 2 N–H and O–H groups in total. The van der Waals surface area contributed by atoms with Crippen molar-refractivity contribution < 1.29 is 9.21 Å². The Kier molecular flexibility index (Phi) is 3.66. The van der Waals surface area contributed by atoms with E-state index in [1.807, 2.05) is 0 Å². The highest BCUT2D eigenvalue weighted by Gasteiger charge is 2.13. The third-order valence-electron chi connectivity index (χ3n) is 3.61. The van der Waals surface area contributed by atoms with Crippen LogP contribution < -0.4 is 11.1 Å². The number of benzene rings is 1. The van der Waals surface area contributed by atoms with Crippen LogP contribution in [-0.2, 0) is 0 Å². The maximum atomic E-state index is 12.2. The van der Waals surface area contributed by atoms with Gasteiger partial charge in [-0.05, 0) is 18.2 Å². The maximum Gasteiger partial charge on any atom is 0.417 e. The first-order valence-corrected chi connectivity index (χ1v) is 6.81. The second kappa shape index (κ2) is 5.60. The molecule has 0 saturated carbocycles. The van der Waals surface area contributed by atoms with E-state index >= 15 is 0 Å². The number of aromatic amines is 1. The van der Waals surface area contributed by atoms with Crippen LogP contribution in [0.15, 0.2) is 27.4 Å². The van der Waals surface area contributed by atoms with E-state index in [0.717, 1.165) is 32.7 Å². The number of nitrogens with one attached hydrogen (secondary N) is 2. The first-order valence-electron chi connectivity index (χ1n) is 6.81. The average molecular weight is 275 g/mol. The molecule has 6 nitrogen and oxygen atoms in total. The number of aromatic nitrogens is 1. The predicted octanol–water partition coefficient (Wildman–Crippen LogP) is 0.599. The Morgan fingerprint density at radius 3 is 2.90 bits per heavy atom. The fourth-order valence-electron chi connectivity index (χ4n) is 2.46. The van der Waals surface area contributed by atoms with Crippen molar-refractivity contribution >= 4 is 16.9 Å². The van der Waals surface area contributed by atoms with Crippen molar-refractivity contribution in [2.24, 2.45) is 0 Å². The molecule has 0 spiro atoms. The molecule has 0 aliphatic carbocycles. The number of piperazine rings is 1. The summed E-state index contributed by atoms with van der Waals surface area (Å²) in [4.78, 5) is 28.1. The van der Waals surface area contributed by atoms with Gasteiger partial charge in [-0.3, -0.25) is 9.78 Å². The van der Waals surface area contributed by atoms with Crippen molar-refractivity contribution in [2.75, 3.05) is 32.7 Å². The van der Waals surface area contributed by atoms with Crippen LogP contribution in [0.5, 0.6) is 0 Å². The first kappa shape index (κ1) is 13.1. The fourth-order valence-corrected chi connectivity index (χ4v) is 2.46. The zero-order valence-corrected chi connectivity index (χ0v) is 11.1. The van der Waals surface area contributed by atoms with Gasteiger partial charge in [-0.2, -0.15) is 0 Å². The number of carbonyl (C=O) groups excluding carboxylic acids is 1. The highest BCUT2D eigenvalue weighted by molar-refractivity contribution is 5.98. The van der Waals surface area contributed by atoms with Gasteiger partial charge in [0.15, 0.2) is 11.4 Å². The minimum absolute atomic E-state index is 0.0780. The number of rotatable bonds is 4. The van der Waals surface area contributed by atoms with E-state index in [-0.39, 0.29) is 5.78 Å². The van der Waals surface area contributed by atoms with E-state index in [1.165, 1.54) is 0 Å². The number of hydrogen-bond donors (Lipinski definition) is 2. The number of ketones is 1. The zero-order valence-electron chi connectivity index (χ0n) is 11.1. The molecule has 106 valence electrons. The van der Waals surface area contributed by atoms with Gasteiger partial charge in [0.2, 0.25) is 0 Å². The zero-order chi connectivity index (χ0) is 13.9. The lowest BCUT2D eigenvalue weighted by Gasteiger charge is -2.26. The summed E-state index contributed by atoms with van der Waals surface area (Å²) < 4.78 is 4.97. The number of nitrogens with zero attached hydrogens (tertiary/aromatic N) is 1. The average Bonchev–Trinajstić information content (AvgIpc) is 2.85. The Morgan fingerprint density at radius 1 is 1.30 bits per heavy atom. The predicted molar refractivity (Wildman–Crippen MR) is 75.1 cm³/mol. The van der Waals surface area contributed by atoms with Gasteiger partial charge in [-0.15, -0.1) is 0 Å². The van der Waals surface area contributed by atoms with Gasteiger partial charge in [0.05, 0.1) is 5.52 Å². The van der Waals surface area contributed by atoms with E-state index in [0.29, 0.717) is 23.1 Å². The molecule has 2 heterocycles. The Morgan fingerprint density at radius 2 is 2.10 bits per heavy atom. The van der Waals surface area contributed by atoms with Crippen molar-refractivity contribution in [1.82, 2.24) is 15.2 Å². The number of Topliss-reactive ketones (excluding diaryl/α,β-unsaturated/α-hetero) is 1. The van der Waals surface area contributed by atoms with E-state index in [9.17, 15) is 9.59 Å². The van der Waals surface area contributed by atoms with Crippen molar-refractivity contribution in [2.45, 2.75) is 6.42 Å². The number of hydrogen-bond acceptors (Lipinski definition) is 5. The highest BCUT2D eigenvalue weighted by Crippen LogP contribution is 2.14. The first-order chi connectivity index (χ1) is 9.72. The van der Waals surface area contributed by atoms with E-state index < -0.39 is 5.76 Å². The second-order valence-electron chi connectivity index (χ2n) is 4.99. The number of carbonyl (C=O) groups is 1. The van der Waals surface area contributed by atoms with Crippen LogP contribution in [0, 0.1) is 0 Å². The monoisotopic (exact) mass is 275 g/mol. The number of oxazole rings is 1. The molecule has 1 aliphatic rings. The Hall–Kier alpha value is -1.92. The van der Waals surface area contributed by atoms with Crippen molar-refractivity contribution in [3.8, 4) is 0 Å². The summed E-state index contributed by atoms with van der Waals surface area (Å²) in [6, 6.07) is 5.07. The molecule has 0 unspecified atom stereocenters. The highest BCUT2D eigenvalue weighted by atomic mass is 16.4. The topological polar surface area (TPSA) is 78.3 Å². The third-order valence-corrected chi connectivity index (χ3v) is 3.61. The van der Waals surface area contributed by atoms with E-state index in [2.05, 4.69) is 15.2 Å². The molecular formula is C14H17N3O3. The lowest BCUT2D eigenvalue weighted by molar-refractivity contribution is 0.0960. The second-order valence-corrected chi connectivity index (χ2v) is 4.99. The Labute approximate surface area is 115 Å². The quantitative estimate of drug-likeness (QED) is 0.799. The molecular weight excluding hydrogens is 258 g/mol. The summed E-state index contributed by atoms with van der Waals surface area (Å²) in [5.74, 6) is -0.417. The summed E-state index contributed by atoms with van der Waals surface area (Å²) >= 11 is 0. The van der Waals surface area contributed by atoms with Crippen LogP contribution in [0.2, 0.25) is 0 Å². The Bertz CT molecular complexity index is 668. The summed E-state index contributed by atoms with van der Waals surface area (Å²) in [5, 5.41) is 3.28. The van der Waals surface area contributed by atoms with Gasteiger partial charge in [0, 0.05) is 44.7 Å². The lowest BCUT2D eigenvalue weighted by Crippen LogP contribution is -2.44. The molecule has 0 bridgehead atoms. The molecule has 1 aromatic heterocycles. The molecule has 0 radical (unpaired) electrons. The molecule has 20 heavy (non-hydrogen) atoms.